The molecule has 0 radical (unpaired) electrons. The first-order valence-corrected chi connectivity index (χ1v) is 11.4. The lowest BCUT2D eigenvalue weighted by Gasteiger charge is -2.20. The van der Waals surface area contributed by atoms with Crippen molar-refractivity contribution in [1.82, 2.24) is 25.8 Å². The molecule has 0 fully saturated rings. The van der Waals surface area contributed by atoms with E-state index in [-0.39, 0.29) is 18.4 Å². The molecule has 3 N–H and O–H groups in total. The summed E-state index contributed by atoms with van der Waals surface area (Å²) in [5, 5.41) is 20.3. The van der Waals surface area contributed by atoms with Crippen molar-refractivity contribution < 1.29 is 19.2 Å². The lowest BCUT2D eigenvalue weighted by Crippen LogP contribution is -2.27. The number of hydroxylamine groups is 1. The van der Waals surface area contributed by atoms with Crippen LogP contribution in [0, 0.1) is 5.82 Å². The lowest BCUT2D eigenvalue weighted by molar-refractivity contribution is -0.130. The summed E-state index contributed by atoms with van der Waals surface area (Å²) in [6.45, 7) is 1.77. The summed E-state index contributed by atoms with van der Waals surface area (Å²) in [4.78, 5) is 24.4. The molecule has 0 aliphatic heterocycles. The fraction of sp³-hybridized carbons (Fsp3) is 0.360. The highest BCUT2D eigenvalue weighted by atomic mass is 19.1. The fourth-order valence-corrected chi connectivity index (χ4v) is 4.33. The minimum absolute atomic E-state index is 0.0205. The van der Waals surface area contributed by atoms with E-state index in [4.69, 9.17) is 5.21 Å². The molecule has 9 heteroatoms. The lowest BCUT2D eigenvalue weighted by atomic mass is 9.89. The Kier molecular flexibility index (Phi) is 7.32. The number of aromatic nitrogens is 3. The van der Waals surface area contributed by atoms with Gasteiger partial charge in [-0.1, -0.05) is 23.4 Å². The van der Waals surface area contributed by atoms with E-state index < -0.39 is 17.8 Å². The van der Waals surface area contributed by atoms with Gasteiger partial charge in [-0.25, -0.2) is 14.6 Å². The van der Waals surface area contributed by atoms with Gasteiger partial charge in [0.15, 0.2) is 0 Å². The number of hydrogen-bond acceptors (Lipinski definition) is 5. The van der Waals surface area contributed by atoms with Crippen LogP contribution in [0.2, 0.25) is 0 Å². The summed E-state index contributed by atoms with van der Waals surface area (Å²) in [7, 11) is 0. The molecule has 3 aromatic rings. The second-order valence-corrected chi connectivity index (χ2v) is 8.73. The molecule has 34 heavy (non-hydrogen) atoms. The van der Waals surface area contributed by atoms with E-state index in [0.717, 1.165) is 18.4 Å². The largest absolute Gasteiger partial charge is 0.344 e. The number of carbonyl (C=O) groups excluding carboxylic acids is 2. The van der Waals surface area contributed by atoms with Crippen molar-refractivity contribution in [3.63, 3.8) is 0 Å². The monoisotopic (exact) mass is 465 g/mol. The third kappa shape index (κ3) is 5.66. The Hall–Kier alpha value is -3.59. The maximum absolute atomic E-state index is 13.1. The first-order chi connectivity index (χ1) is 16.4. The predicted octanol–water partition coefficient (Wildman–Crippen LogP) is 3.47. The molecule has 2 aromatic carbocycles. The first kappa shape index (κ1) is 23.6. The maximum Gasteiger partial charge on any atom is 0.251 e. The van der Waals surface area contributed by atoms with Gasteiger partial charge in [-0.05, 0) is 80.0 Å². The SMILES string of the molecule is CC(NC(=O)c1ccc(F)cc1)c1cn([C@@H](CC(=O)NO)Cc2ccc3c(c2)CCCC3)nn1. The first-order valence-electron chi connectivity index (χ1n) is 11.4. The number of aryl methyl sites for hydroxylation is 2. The van der Waals surface area contributed by atoms with E-state index in [1.54, 1.807) is 23.3 Å². The number of fused-ring (bicyclic) bond motifs is 1. The van der Waals surface area contributed by atoms with Gasteiger partial charge >= 0.3 is 0 Å². The molecule has 1 heterocycles. The standard InChI is InChI=1S/C25H28FN5O3/c1-16(27-25(33)19-8-10-21(26)11-9-19)23-15-31(30-28-23)22(14-24(32)29-34)13-17-6-7-18-4-2-3-5-20(18)12-17/h6-12,15-16,22,34H,2-5,13-14H2,1H3,(H,27,33)(H,29,32)/t16?,22-/m1/s1. The van der Waals surface area contributed by atoms with Crippen LogP contribution in [0.25, 0.3) is 0 Å². The molecule has 1 unspecified atom stereocenters. The van der Waals surface area contributed by atoms with Gasteiger partial charge in [0.1, 0.15) is 11.5 Å². The normalized spacial score (nSPS) is 14.7. The molecule has 178 valence electrons. The van der Waals surface area contributed by atoms with Crippen molar-refractivity contribution in [3.05, 3.63) is 82.4 Å². The van der Waals surface area contributed by atoms with Crippen LogP contribution < -0.4 is 10.8 Å². The highest BCUT2D eigenvalue weighted by molar-refractivity contribution is 5.94. The van der Waals surface area contributed by atoms with Crippen LogP contribution in [-0.2, 0) is 24.1 Å². The van der Waals surface area contributed by atoms with Crippen molar-refractivity contribution in [1.29, 1.82) is 0 Å². The summed E-state index contributed by atoms with van der Waals surface area (Å²) in [5.41, 5.74) is 6.38. The number of rotatable bonds is 8. The number of benzene rings is 2. The van der Waals surface area contributed by atoms with Crippen LogP contribution in [0.1, 0.15) is 71.0 Å². The van der Waals surface area contributed by atoms with Crippen LogP contribution in [0.3, 0.4) is 0 Å². The van der Waals surface area contributed by atoms with E-state index in [1.807, 2.05) is 0 Å². The average Bonchev–Trinajstić information content (AvgIpc) is 3.34. The summed E-state index contributed by atoms with van der Waals surface area (Å²) < 4.78 is 14.7. The molecule has 0 bridgehead atoms. The Balaban J connectivity index is 1.49. The summed E-state index contributed by atoms with van der Waals surface area (Å²) in [5.74, 6) is -1.28. The van der Waals surface area contributed by atoms with Crippen molar-refractivity contribution in [2.45, 2.75) is 57.5 Å². The third-order valence-corrected chi connectivity index (χ3v) is 6.23. The number of amides is 2. The van der Waals surface area contributed by atoms with Crippen molar-refractivity contribution in [3.8, 4) is 0 Å². The highest BCUT2D eigenvalue weighted by Crippen LogP contribution is 2.25. The van der Waals surface area contributed by atoms with Gasteiger partial charge in [0.25, 0.3) is 5.91 Å². The summed E-state index contributed by atoms with van der Waals surface area (Å²) >= 11 is 0. The Morgan fingerprint density at radius 3 is 2.59 bits per heavy atom. The van der Waals surface area contributed by atoms with Crippen LogP contribution in [0.5, 0.6) is 0 Å². The second-order valence-electron chi connectivity index (χ2n) is 8.73. The van der Waals surface area contributed by atoms with Crippen LogP contribution >= 0.6 is 0 Å². The molecular weight excluding hydrogens is 437 g/mol. The van der Waals surface area contributed by atoms with Crippen LogP contribution in [0.15, 0.2) is 48.7 Å². The van der Waals surface area contributed by atoms with Gasteiger partial charge < -0.3 is 5.32 Å². The van der Waals surface area contributed by atoms with Crippen molar-refractivity contribution in [2.24, 2.45) is 0 Å². The average molecular weight is 466 g/mol. The molecule has 2 amide bonds. The molecule has 1 aliphatic carbocycles. The number of halogens is 1. The van der Waals surface area contributed by atoms with E-state index in [1.165, 1.54) is 48.2 Å². The van der Waals surface area contributed by atoms with E-state index in [0.29, 0.717) is 17.7 Å². The van der Waals surface area contributed by atoms with Crippen molar-refractivity contribution in [2.75, 3.05) is 0 Å². The topological polar surface area (TPSA) is 109 Å². The van der Waals surface area contributed by atoms with E-state index in [9.17, 15) is 14.0 Å². The number of carbonyl (C=O) groups is 2. The minimum atomic E-state index is -0.516. The Bertz CT molecular complexity index is 1160. The van der Waals surface area contributed by atoms with Gasteiger partial charge in [-0.2, -0.15) is 0 Å². The zero-order chi connectivity index (χ0) is 24.1. The number of nitrogens with one attached hydrogen (secondary N) is 2. The molecular formula is C25H28FN5O3. The summed E-state index contributed by atoms with van der Waals surface area (Å²) in [6.07, 6.45) is 6.81. The third-order valence-electron chi connectivity index (χ3n) is 6.23. The molecule has 2 atom stereocenters. The Morgan fingerprint density at radius 2 is 1.85 bits per heavy atom. The predicted molar refractivity (Wildman–Crippen MR) is 123 cm³/mol. The molecule has 0 saturated carbocycles. The summed E-state index contributed by atoms with van der Waals surface area (Å²) in [6, 6.07) is 10.9. The van der Waals surface area contributed by atoms with Crippen molar-refractivity contribution >= 4 is 11.8 Å². The minimum Gasteiger partial charge on any atom is -0.344 e. The Morgan fingerprint density at radius 1 is 1.12 bits per heavy atom. The highest BCUT2D eigenvalue weighted by Gasteiger charge is 2.21. The zero-order valence-corrected chi connectivity index (χ0v) is 19.0. The maximum atomic E-state index is 13.1. The van der Waals surface area contributed by atoms with E-state index in [2.05, 4.69) is 33.8 Å². The van der Waals surface area contributed by atoms with Gasteiger partial charge in [-0.3, -0.25) is 14.8 Å². The quantitative estimate of drug-likeness (QED) is 0.349. The molecule has 1 aromatic heterocycles. The molecule has 0 spiro atoms. The number of nitrogens with zero attached hydrogens (tertiary/aromatic N) is 3. The fourth-order valence-electron chi connectivity index (χ4n) is 4.33. The number of hydrogen-bond donors (Lipinski definition) is 3. The van der Waals surface area contributed by atoms with Crippen LogP contribution in [0.4, 0.5) is 4.39 Å². The molecule has 1 aliphatic rings. The van der Waals surface area contributed by atoms with Gasteiger partial charge in [0.05, 0.1) is 24.7 Å². The molecule has 4 rings (SSSR count). The molecule has 8 nitrogen and oxygen atoms in total. The smallest absolute Gasteiger partial charge is 0.251 e. The van der Waals surface area contributed by atoms with Gasteiger partial charge in [0.2, 0.25) is 5.91 Å². The zero-order valence-electron chi connectivity index (χ0n) is 19.0. The van der Waals surface area contributed by atoms with Gasteiger partial charge in [0, 0.05) is 5.56 Å². The Labute approximate surface area is 197 Å². The van der Waals surface area contributed by atoms with E-state index >= 15 is 0 Å². The molecule has 0 saturated heterocycles. The van der Waals surface area contributed by atoms with Gasteiger partial charge in [-0.15, -0.1) is 5.10 Å². The second kappa shape index (κ2) is 10.6. The van der Waals surface area contributed by atoms with Crippen LogP contribution in [-0.4, -0.2) is 32.0 Å².